The van der Waals surface area contributed by atoms with E-state index in [9.17, 15) is 0 Å². The summed E-state index contributed by atoms with van der Waals surface area (Å²) in [5, 5.41) is 10.1. The molecule has 2 atom stereocenters. The molecule has 4 rings (SSSR count). The summed E-state index contributed by atoms with van der Waals surface area (Å²) in [4.78, 5) is 0. The lowest BCUT2D eigenvalue weighted by Gasteiger charge is -2.18. The fraction of sp³-hybridized carbons (Fsp3) is 0.533. The Morgan fingerprint density at radius 1 is 0.912 bits per heavy atom. The molecule has 2 unspecified atom stereocenters. The van der Waals surface area contributed by atoms with Crippen molar-refractivity contribution in [3.63, 3.8) is 0 Å². The van der Waals surface area contributed by atoms with Gasteiger partial charge in [-0.05, 0) is 80.3 Å². The molecule has 2 bridgehead atoms. The second-order valence-electron chi connectivity index (χ2n) is 9.72. The molecule has 0 amide bonds. The van der Waals surface area contributed by atoms with Crippen LogP contribution in [0.25, 0.3) is 0 Å². The lowest BCUT2D eigenvalue weighted by atomic mass is 10.0. The van der Waals surface area contributed by atoms with Gasteiger partial charge in [-0.25, -0.2) is 0 Å². The third-order valence-electron chi connectivity index (χ3n) is 6.15. The molecule has 0 spiro atoms. The van der Waals surface area contributed by atoms with Gasteiger partial charge in [0.15, 0.2) is 0 Å². The summed E-state index contributed by atoms with van der Waals surface area (Å²) in [7, 11) is 0. The van der Waals surface area contributed by atoms with E-state index in [1.165, 1.54) is 49.0 Å². The molecule has 1 aliphatic carbocycles. The Balaban J connectivity index is 0.000000336. The van der Waals surface area contributed by atoms with Crippen LogP contribution in [0.4, 0.5) is 0 Å². The summed E-state index contributed by atoms with van der Waals surface area (Å²) in [5.74, 6) is 4.39. The predicted molar refractivity (Wildman–Crippen MR) is 146 cm³/mol. The molecule has 1 saturated heterocycles. The number of hydrogen-bond donors (Lipinski definition) is 3. The highest BCUT2D eigenvalue weighted by Crippen LogP contribution is 2.32. The van der Waals surface area contributed by atoms with Crippen molar-refractivity contribution in [3.05, 3.63) is 77.6 Å². The van der Waals surface area contributed by atoms with Crippen molar-refractivity contribution in [1.82, 2.24) is 16.0 Å². The highest BCUT2D eigenvalue weighted by molar-refractivity contribution is 5.27. The predicted octanol–water partition coefficient (Wildman–Crippen LogP) is 6.41. The average molecular weight is 466 g/mol. The van der Waals surface area contributed by atoms with E-state index in [1.54, 1.807) is 0 Å². The van der Waals surface area contributed by atoms with Gasteiger partial charge in [0.2, 0.25) is 0 Å². The molecular formula is C30H47N3O. The first-order valence-electron chi connectivity index (χ1n) is 13.1. The van der Waals surface area contributed by atoms with Gasteiger partial charge < -0.3 is 20.7 Å². The molecule has 188 valence electrons. The molecule has 4 heteroatoms. The van der Waals surface area contributed by atoms with Gasteiger partial charge in [-0.3, -0.25) is 0 Å². The second kappa shape index (κ2) is 15.4. The quantitative estimate of drug-likeness (QED) is 0.400. The molecule has 2 fully saturated rings. The number of rotatable bonds is 9. The molecule has 1 heterocycles. The first kappa shape index (κ1) is 27.8. The Morgan fingerprint density at radius 3 is 1.88 bits per heavy atom. The van der Waals surface area contributed by atoms with Crippen molar-refractivity contribution in [2.24, 2.45) is 17.8 Å². The standard InChI is InChI=1S/C21H28N2O.C7H13N.C2H6/c1-16(2)15-24-21-11-9-20(10-12-21)14-23-18(4)22-13-19-7-5-17(3)6-8-19;1-2-7-3-6(1)4-8-5-7;1-2/h5-12,16,22-23H,4,13-15H2,1-3H3;6-8H,1-5H2;1-2H3. The molecule has 1 aliphatic heterocycles. The van der Waals surface area contributed by atoms with Gasteiger partial charge in [0.25, 0.3) is 0 Å². The maximum absolute atomic E-state index is 5.69. The third kappa shape index (κ3) is 10.6. The lowest BCUT2D eigenvalue weighted by molar-refractivity contribution is 0.271. The lowest BCUT2D eigenvalue weighted by Crippen LogP contribution is -2.30. The molecule has 2 aromatic carbocycles. The van der Waals surface area contributed by atoms with Crippen LogP contribution >= 0.6 is 0 Å². The fourth-order valence-corrected chi connectivity index (χ4v) is 4.19. The van der Waals surface area contributed by atoms with Crippen LogP contribution in [0.5, 0.6) is 5.75 Å². The van der Waals surface area contributed by atoms with Gasteiger partial charge >= 0.3 is 0 Å². The minimum absolute atomic E-state index is 0.536. The van der Waals surface area contributed by atoms with Crippen LogP contribution in [0.15, 0.2) is 60.9 Å². The number of benzene rings is 2. The molecule has 2 aliphatic rings. The number of aryl methyl sites for hydroxylation is 1. The summed E-state index contributed by atoms with van der Waals surface area (Å²) in [5.41, 5.74) is 3.72. The molecule has 3 N–H and O–H groups in total. The van der Waals surface area contributed by atoms with E-state index in [0.29, 0.717) is 5.92 Å². The first-order valence-corrected chi connectivity index (χ1v) is 13.1. The third-order valence-corrected chi connectivity index (χ3v) is 6.15. The highest BCUT2D eigenvalue weighted by Gasteiger charge is 2.27. The monoisotopic (exact) mass is 465 g/mol. The molecule has 0 radical (unpaired) electrons. The van der Waals surface area contributed by atoms with Gasteiger partial charge in [0, 0.05) is 13.1 Å². The maximum Gasteiger partial charge on any atom is 0.119 e. The minimum atomic E-state index is 0.536. The topological polar surface area (TPSA) is 45.3 Å². The van der Waals surface area contributed by atoms with Crippen LogP contribution in [0.1, 0.15) is 63.6 Å². The Bertz CT molecular complexity index is 800. The van der Waals surface area contributed by atoms with E-state index in [1.807, 2.05) is 26.0 Å². The van der Waals surface area contributed by atoms with E-state index >= 15 is 0 Å². The number of piperidine rings is 1. The number of fused-ring (bicyclic) bond motifs is 2. The second-order valence-corrected chi connectivity index (χ2v) is 9.72. The average Bonchev–Trinajstić information content (AvgIpc) is 3.20. The Morgan fingerprint density at radius 2 is 1.41 bits per heavy atom. The molecule has 2 aromatic rings. The van der Waals surface area contributed by atoms with Crippen LogP contribution in [0.3, 0.4) is 0 Å². The van der Waals surface area contributed by atoms with Crippen molar-refractivity contribution in [2.45, 2.75) is 67.0 Å². The molecule has 1 saturated carbocycles. The van der Waals surface area contributed by atoms with Crippen molar-refractivity contribution >= 4 is 0 Å². The number of ether oxygens (including phenoxy) is 1. The van der Waals surface area contributed by atoms with E-state index in [0.717, 1.165) is 43.1 Å². The fourth-order valence-electron chi connectivity index (χ4n) is 4.19. The molecule has 0 aromatic heterocycles. The van der Waals surface area contributed by atoms with Gasteiger partial charge in [0.05, 0.1) is 12.4 Å². The van der Waals surface area contributed by atoms with Crippen LogP contribution in [0, 0.1) is 24.7 Å². The summed E-state index contributed by atoms with van der Waals surface area (Å²) in [6, 6.07) is 16.7. The molecule has 4 nitrogen and oxygen atoms in total. The Kier molecular flexibility index (Phi) is 12.6. The first-order chi connectivity index (χ1) is 16.5. The van der Waals surface area contributed by atoms with Gasteiger partial charge in [-0.1, -0.05) is 76.2 Å². The van der Waals surface area contributed by atoms with E-state index in [-0.39, 0.29) is 0 Å². The number of nitrogens with one attached hydrogen (secondary N) is 3. The van der Waals surface area contributed by atoms with Crippen molar-refractivity contribution in [2.75, 3.05) is 19.7 Å². The largest absolute Gasteiger partial charge is 0.493 e. The normalized spacial score (nSPS) is 18.2. The zero-order valence-corrected chi connectivity index (χ0v) is 22.1. The van der Waals surface area contributed by atoms with Crippen molar-refractivity contribution < 1.29 is 4.74 Å². The smallest absolute Gasteiger partial charge is 0.119 e. The van der Waals surface area contributed by atoms with Crippen molar-refractivity contribution in [3.8, 4) is 5.75 Å². The SMILES string of the molecule is C1CC2CNCC1C2.C=C(NCc1ccc(C)cc1)NCc1ccc(OCC(C)C)cc1.CC. The van der Waals surface area contributed by atoms with Crippen molar-refractivity contribution in [1.29, 1.82) is 0 Å². The number of hydrogen-bond acceptors (Lipinski definition) is 4. The Hall–Kier alpha value is -2.46. The van der Waals surface area contributed by atoms with Crippen LogP contribution < -0.4 is 20.7 Å². The summed E-state index contributed by atoms with van der Waals surface area (Å²) in [6.45, 7) is 19.3. The molecular weight excluding hydrogens is 418 g/mol. The van der Waals surface area contributed by atoms with Gasteiger partial charge in [-0.2, -0.15) is 0 Å². The van der Waals surface area contributed by atoms with E-state index in [4.69, 9.17) is 4.74 Å². The van der Waals surface area contributed by atoms with E-state index < -0.39 is 0 Å². The van der Waals surface area contributed by atoms with Crippen LogP contribution in [-0.2, 0) is 13.1 Å². The van der Waals surface area contributed by atoms with Gasteiger partial charge in [-0.15, -0.1) is 0 Å². The van der Waals surface area contributed by atoms with Gasteiger partial charge in [0.1, 0.15) is 5.75 Å². The summed E-state index contributed by atoms with van der Waals surface area (Å²) < 4.78 is 5.69. The maximum atomic E-state index is 5.69. The zero-order valence-electron chi connectivity index (χ0n) is 22.1. The van der Waals surface area contributed by atoms with E-state index in [2.05, 4.69) is 79.7 Å². The highest BCUT2D eigenvalue weighted by atomic mass is 16.5. The summed E-state index contributed by atoms with van der Waals surface area (Å²) in [6.07, 6.45) is 4.52. The van der Waals surface area contributed by atoms with Crippen LogP contribution in [0.2, 0.25) is 0 Å². The molecule has 34 heavy (non-hydrogen) atoms. The minimum Gasteiger partial charge on any atom is -0.493 e. The Labute approximate surface area is 208 Å². The van der Waals surface area contributed by atoms with Crippen LogP contribution in [-0.4, -0.2) is 19.7 Å². The zero-order chi connectivity index (χ0) is 24.8. The summed E-state index contributed by atoms with van der Waals surface area (Å²) >= 11 is 0.